The molecule has 0 heterocycles. The van der Waals surface area contributed by atoms with E-state index in [4.69, 9.17) is 0 Å². The SMILES string of the molecule is CCN(CC(F)(F)F)C(=O)CCS(=O)(=O)c1ccc2c(c1)CCC2. The molecule has 0 saturated heterocycles. The van der Waals surface area contributed by atoms with Crippen molar-refractivity contribution in [1.29, 1.82) is 0 Å². The number of amides is 1. The van der Waals surface area contributed by atoms with Crippen LogP contribution < -0.4 is 0 Å². The highest BCUT2D eigenvalue weighted by Crippen LogP contribution is 2.25. The van der Waals surface area contributed by atoms with Crippen molar-refractivity contribution in [3.63, 3.8) is 0 Å². The van der Waals surface area contributed by atoms with Gasteiger partial charge in [0.25, 0.3) is 0 Å². The standard InChI is InChI=1S/C16H20F3NO3S/c1-2-20(11-16(17,18)19)15(21)8-9-24(22,23)14-7-6-12-4-3-5-13(12)10-14/h6-7,10H,2-5,8-9,11H2,1H3. The van der Waals surface area contributed by atoms with Crippen molar-refractivity contribution >= 4 is 15.7 Å². The summed E-state index contributed by atoms with van der Waals surface area (Å²) in [6.07, 6.45) is -2.21. The van der Waals surface area contributed by atoms with E-state index in [9.17, 15) is 26.4 Å². The molecule has 1 amide bonds. The van der Waals surface area contributed by atoms with Gasteiger partial charge in [-0.15, -0.1) is 0 Å². The van der Waals surface area contributed by atoms with Gasteiger partial charge < -0.3 is 4.90 Å². The van der Waals surface area contributed by atoms with Crippen LogP contribution in [0.25, 0.3) is 0 Å². The van der Waals surface area contributed by atoms with Gasteiger partial charge in [-0.05, 0) is 49.4 Å². The predicted molar refractivity (Wildman–Crippen MR) is 83.4 cm³/mol. The van der Waals surface area contributed by atoms with Gasteiger partial charge in [-0.25, -0.2) is 8.42 Å². The van der Waals surface area contributed by atoms with Crippen molar-refractivity contribution in [2.45, 2.75) is 43.7 Å². The van der Waals surface area contributed by atoms with Crippen LogP contribution in [0.2, 0.25) is 0 Å². The summed E-state index contributed by atoms with van der Waals surface area (Å²) in [7, 11) is -3.69. The highest BCUT2D eigenvalue weighted by molar-refractivity contribution is 7.91. The van der Waals surface area contributed by atoms with E-state index in [1.54, 1.807) is 12.1 Å². The largest absolute Gasteiger partial charge is 0.406 e. The Labute approximate surface area is 139 Å². The van der Waals surface area contributed by atoms with Gasteiger partial charge in [0.15, 0.2) is 9.84 Å². The third-order valence-corrected chi connectivity index (χ3v) is 5.83. The fourth-order valence-corrected chi connectivity index (χ4v) is 4.11. The Morgan fingerprint density at radius 2 is 1.88 bits per heavy atom. The molecule has 0 aromatic heterocycles. The Kier molecular flexibility index (Phi) is 5.57. The number of fused-ring (bicyclic) bond motifs is 1. The molecule has 0 saturated carbocycles. The first-order valence-corrected chi connectivity index (χ1v) is 9.46. The van der Waals surface area contributed by atoms with Crippen LogP contribution in [-0.4, -0.2) is 44.2 Å². The molecular weight excluding hydrogens is 343 g/mol. The third kappa shape index (κ3) is 4.72. The van der Waals surface area contributed by atoms with Crippen LogP contribution in [0.15, 0.2) is 23.1 Å². The normalized spacial score (nSPS) is 14.5. The maximum atomic E-state index is 12.4. The third-order valence-electron chi connectivity index (χ3n) is 4.12. The van der Waals surface area contributed by atoms with E-state index in [1.807, 2.05) is 0 Å². The zero-order valence-electron chi connectivity index (χ0n) is 13.4. The highest BCUT2D eigenvalue weighted by Gasteiger charge is 2.32. The van der Waals surface area contributed by atoms with Crippen molar-refractivity contribution in [2.24, 2.45) is 0 Å². The van der Waals surface area contributed by atoms with Crippen molar-refractivity contribution in [2.75, 3.05) is 18.8 Å². The van der Waals surface area contributed by atoms with E-state index in [2.05, 4.69) is 0 Å². The molecule has 1 aliphatic carbocycles. The second-order valence-corrected chi connectivity index (χ2v) is 7.99. The van der Waals surface area contributed by atoms with Crippen LogP contribution in [0.4, 0.5) is 13.2 Å². The Bertz CT molecular complexity index is 714. The first-order chi connectivity index (χ1) is 11.1. The van der Waals surface area contributed by atoms with Crippen LogP contribution in [0, 0.1) is 0 Å². The Balaban J connectivity index is 2.03. The van der Waals surface area contributed by atoms with E-state index in [1.165, 1.54) is 13.0 Å². The second kappa shape index (κ2) is 7.13. The number of hydrogen-bond acceptors (Lipinski definition) is 3. The Morgan fingerprint density at radius 3 is 2.50 bits per heavy atom. The number of rotatable bonds is 6. The zero-order chi connectivity index (χ0) is 18.0. The number of nitrogens with zero attached hydrogens (tertiary/aromatic N) is 1. The number of carbonyl (C=O) groups excluding carboxylic acids is 1. The van der Waals surface area contributed by atoms with E-state index in [-0.39, 0.29) is 11.4 Å². The van der Waals surface area contributed by atoms with E-state index < -0.39 is 40.6 Å². The number of benzene rings is 1. The topological polar surface area (TPSA) is 54.5 Å². The lowest BCUT2D eigenvalue weighted by Crippen LogP contribution is -2.39. The van der Waals surface area contributed by atoms with Crippen LogP contribution in [-0.2, 0) is 27.5 Å². The minimum Gasteiger partial charge on any atom is -0.334 e. The van der Waals surface area contributed by atoms with Crippen molar-refractivity contribution < 1.29 is 26.4 Å². The monoisotopic (exact) mass is 363 g/mol. The molecule has 0 fully saturated rings. The maximum absolute atomic E-state index is 12.4. The fourth-order valence-electron chi connectivity index (χ4n) is 2.83. The molecule has 0 aliphatic heterocycles. The van der Waals surface area contributed by atoms with Crippen LogP contribution >= 0.6 is 0 Å². The molecule has 0 N–H and O–H groups in total. The fraction of sp³-hybridized carbons (Fsp3) is 0.562. The predicted octanol–water partition coefficient (Wildman–Crippen LogP) is 2.75. The summed E-state index contributed by atoms with van der Waals surface area (Å²) >= 11 is 0. The minimum absolute atomic E-state index is 0.114. The molecule has 1 aromatic carbocycles. The van der Waals surface area contributed by atoms with E-state index in [0.717, 1.165) is 30.4 Å². The first kappa shape index (κ1) is 18.8. The summed E-state index contributed by atoms with van der Waals surface area (Å²) in [4.78, 5) is 12.6. The van der Waals surface area contributed by atoms with Crippen molar-refractivity contribution in [3.8, 4) is 0 Å². The summed E-state index contributed by atoms with van der Waals surface area (Å²) in [5.74, 6) is -1.29. The number of alkyl halides is 3. The van der Waals surface area contributed by atoms with Gasteiger partial charge in [-0.1, -0.05) is 6.07 Å². The molecule has 0 atom stereocenters. The molecule has 1 aliphatic rings. The Hall–Kier alpha value is -1.57. The summed E-state index contributed by atoms with van der Waals surface area (Å²) < 4.78 is 61.9. The molecule has 134 valence electrons. The van der Waals surface area contributed by atoms with E-state index >= 15 is 0 Å². The molecule has 24 heavy (non-hydrogen) atoms. The molecule has 2 rings (SSSR count). The average molecular weight is 363 g/mol. The Morgan fingerprint density at radius 1 is 1.21 bits per heavy atom. The molecule has 0 spiro atoms. The van der Waals surface area contributed by atoms with Gasteiger partial charge in [-0.2, -0.15) is 13.2 Å². The molecule has 0 bridgehead atoms. The van der Waals surface area contributed by atoms with Gasteiger partial charge in [0.2, 0.25) is 5.91 Å². The van der Waals surface area contributed by atoms with Crippen molar-refractivity contribution in [3.05, 3.63) is 29.3 Å². The smallest absolute Gasteiger partial charge is 0.334 e. The second-order valence-electron chi connectivity index (χ2n) is 5.88. The molecule has 8 heteroatoms. The highest BCUT2D eigenvalue weighted by atomic mass is 32.2. The van der Waals surface area contributed by atoms with E-state index in [0.29, 0.717) is 4.90 Å². The average Bonchev–Trinajstić information content (AvgIpc) is 2.97. The molecule has 4 nitrogen and oxygen atoms in total. The van der Waals surface area contributed by atoms with Crippen LogP contribution in [0.1, 0.15) is 30.9 Å². The van der Waals surface area contributed by atoms with Crippen LogP contribution in [0.5, 0.6) is 0 Å². The summed E-state index contributed by atoms with van der Waals surface area (Å²) in [6.45, 7) is -0.0445. The summed E-state index contributed by atoms with van der Waals surface area (Å²) in [5, 5.41) is 0. The van der Waals surface area contributed by atoms with Gasteiger partial charge in [-0.3, -0.25) is 4.79 Å². The van der Waals surface area contributed by atoms with Crippen molar-refractivity contribution in [1.82, 2.24) is 4.90 Å². The van der Waals surface area contributed by atoms with Gasteiger partial charge >= 0.3 is 6.18 Å². The lowest BCUT2D eigenvalue weighted by Gasteiger charge is -2.22. The molecule has 0 unspecified atom stereocenters. The number of aryl methyl sites for hydroxylation is 2. The number of hydrogen-bond donors (Lipinski definition) is 0. The lowest BCUT2D eigenvalue weighted by atomic mass is 10.1. The summed E-state index contributed by atoms with van der Waals surface area (Å²) in [5.41, 5.74) is 2.13. The quantitative estimate of drug-likeness (QED) is 0.781. The first-order valence-electron chi connectivity index (χ1n) is 7.81. The molecule has 0 radical (unpaired) electrons. The molecular formula is C16H20F3NO3S. The number of sulfone groups is 1. The maximum Gasteiger partial charge on any atom is 0.406 e. The van der Waals surface area contributed by atoms with Gasteiger partial charge in [0, 0.05) is 13.0 Å². The van der Waals surface area contributed by atoms with Gasteiger partial charge in [0.1, 0.15) is 6.54 Å². The van der Waals surface area contributed by atoms with Crippen LogP contribution in [0.3, 0.4) is 0 Å². The molecule has 1 aromatic rings. The lowest BCUT2D eigenvalue weighted by molar-refractivity contribution is -0.160. The zero-order valence-corrected chi connectivity index (χ0v) is 14.2. The number of carbonyl (C=O) groups is 1. The number of halogens is 3. The minimum atomic E-state index is -4.50. The van der Waals surface area contributed by atoms with Gasteiger partial charge in [0.05, 0.1) is 10.6 Å². The summed E-state index contributed by atoms with van der Waals surface area (Å²) in [6, 6.07) is 4.91.